The lowest BCUT2D eigenvalue weighted by Crippen LogP contribution is -2.24. The van der Waals surface area contributed by atoms with Crippen LogP contribution in [0.4, 0.5) is 4.39 Å². The number of aryl methyl sites for hydroxylation is 1. The van der Waals surface area contributed by atoms with Crippen LogP contribution in [-0.2, 0) is 13.1 Å². The lowest BCUT2D eigenvalue weighted by Gasteiger charge is -2.10. The van der Waals surface area contributed by atoms with Crippen LogP contribution in [0.5, 0.6) is 0 Å². The van der Waals surface area contributed by atoms with E-state index in [9.17, 15) is 9.18 Å². The average molecular weight is 401 g/mol. The third-order valence-electron chi connectivity index (χ3n) is 5.34. The fourth-order valence-electron chi connectivity index (χ4n) is 3.91. The van der Waals surface area contributed by atoms with Crippen LogP contribution in [0.3, 0.4) is 0 Å². The number of nitrogens with zero attached hydrogens (tertiary/aromatic N) is 5. The SMILES string of the molecule is CCCn1c(C)nc2c(c1=O)c1nc3ccccc3nc1n2Cc1ccc(F)cc1. The number of aromatic nitrogens is 5. The van der Waals surface area contributed by atoms with E-state index in [2.05, 4.69) is 0 Å². The predicted molar refractivity (Wildman–Crippen MR) is 115 cm³/mol. The summed E-state index contributed by atoms with van der Waals surface area (Å²) >= 11 is 0. The van der Waals surface area contributed by atoms with E-state index in [1.165, 1.54) is 12.1 Å². The van der Waals surface area contributed by atoms with E-state index in [0.29, 0.717) is 41.1 Å². The molecule has 3 aromatic heterocycles. The van der Waals surface area contributed by atoms with Gasteiger partial charge in [0, 0.05) is 6.54 Å². The van der Waals surface area contributed by atoms with E-state index in [1.54, 1.807) is 16.7 Å². The highest BCUT2D eigenvalue weighted by Crippen LogP contribution is 2.26. The first-order valence-electron chi connectivity index (χ1n) is 9.97. The van der Waals surface area contributed by atoms with Crippen LogP contribution in [0.15, 0.2) is 53.3 Å². The summed E-state index contributed by atoms with van der Waals surface area (Å²) in [6.07, 6.45) is 0.830. The Balaban J connectivity index is 1.88. The molecule has 0 fully saturated rings. The van der Waals surface area contributed by atoms with Gasteiger partial charge in [-0.15, -0.1) is 0 Å². The zero-order valence-corrected chi connectivity index (χ0v) is 16.8. The molecule has 0 saturated carbocycles. The van der Waals surface area contributed by atoms with Gasteiger partial charge in [0.1, 0.15) is 22.5 Å². The van der Waals surface area contributed by atoms with Crippen LogP contribution in [0.1, 0.15) is 24.7 Å². The molecule has 2 aromatic carbocycles. The molecule has 5 rings (SSSR count). The third-order valence-corrected chi connectivity index (χ3v) is 5.34. The Morgan fingerprint density at radius 2 is 1.60 bits per heavy atom. The van der Waals surface area contributed by atoms with Gasteiger partial charge < -0.3 is 4.57 Å². The molecule has 150 valence electrons. The molecular weight excluding hydrogens is 381 g/mol. The monoisotopic (exact) mass is 401 g/mol. The van der Waals surface area contributed by atoms with Crippen LogP contribution >= 0.6 is 0 Å². The minimum atomic E-state index is -0.289. The number of para-hydroxylation sites is 2. The lowest BCUT2D eigenvalue weighted by atomic mass is 10.2. The van der Waals surface area contributed by atoms with Gasteiger partial charge in [0.05, 0.1) is 17.6 Å². The predicted octanol–water partition coefficient (Wildman–Crippen LogP) is 4.20. The van der Waals surface area contributed by atoms with Gasteiger partial charge in [-0.05, 0) is 43.2 Å². The van der Waals surface area contributed by atoms with E-state index in [1.807, 2.05) is 42.7 Å². The van der Waals surface area contributed by atoms with Crippen LogP contribution in [0.2, 0.25) is 0 Å². The first-order chi connectivity index (χ1) is 14.6. The quantitative estimate of drug-likeness (QED) is 0.453. The zero-order chi connectivity index (χ0) is 20.8. The van der Waals surface area contributed by atoms with Crippen molar-refractivity contribution >= 4 is 33.2 Å². The van der Waals surface area contributed by atoms with Crippen molar-refractivity contribution in [1.29, 1.82) is 0 Å². The largest absolute Gasteiger partial charge is 0.304 e. The summed E-state index contributed by atoms with van der Waals surface area (Å²) < 4.78 is 17.0. The number of halogens is 1. The zero-order valence-electron chi connectivity index (χ0n) is 16.8. The van der Waals surface area contributed by atoms with E-state index in [0.717, 1.165) is 23.0 Å². The van der Waals surface area contributed by atoms with E-state index >= 15 is 0 Å². The van der Waals surface area contributed by atoms with Gasteiger partial charge >= 0.3 is 0 Å². The molecule has 7 heteroatoms. The molecule has 30 heavy (non-hydrogen) atoms. The Hall–Kier alpha value is -3.61. The fraction of sp³-hybridized carbons (Fsp3) is 0.217. The molecule has 0 aliphatic carbocycles. The summed E-state index contributed by atoms with van der Waals surface area (Å²) in [5.74, 6) is 0.366. The van der Waals surface area contributed by atoms with Gasteiger partial charge in [0.2, 0.25) is 0 Å². The smallest absolute Gasteiger partial charge is 0.265 e. The number of rotatable bonds is 4. The maximum absolute atomic E-state index is 13.4. The molecule has 0 amide bonds. The van der Waals surface area contributed by atoms with Crippen molar-refractivity contribution in [1.82, 2.24) is 24.1 Å². The highest BCUT2D eigenvalue weighted by molar-refractivity contribution is 6.04. The maximum atomic E-state index is 13.4. The standard InChI is InChI=1S/C23H20FN5O/c1-3-12-28-14(2)25-21-19(23(28)30)20-22(27-18-7-5-4-6-17(18)26-20)29(21)13-15-8-10-16(24)11-9-15/h4-11H,3,12-13H2,1-2H3. The van der Waals surface area contributed by atoms with E-state index < -0.39 is 0 Å². The summed E-state index contributed by atoms with van der Waals surface area (Å²) in [5.41, 5.74) is 3.97. The van der Waals surface area contributed by atoms with Crippen LogP contribution < -0.4 is 5.56 Å². The van der Waals surface area contributed by atoms with Crippen LogP contribution in [0, 0.1) is 12.7 Å². The number of benzene rings is 2. The van der Waals surface area contributed by atoms with Gasteiger partial charge in [-0.1, -0.05) is 31.2 Å². The topological polar surface area (TPSA) is 65.6 Å². The minimum Gasteiger partial charge on any atom is -0.304 e. The molecule has 3 heterocycles. The molecule has 0 unspecified atom stereocenters. The van der Waals surface area contributed by atoms with Gasteiger partial charge in [0.15, 0.2) is 11.3 Å². The highest BCUT2D eigenvalue weighted by atomic mass is 19.1. The molecule has 0 bridgehead atoms. The normalized spacial score (nSPS) is 11.7. The summed E-state index contributed by atoms with van der Waals surface area (Å²) in [6.45, 7) is 4.88. The van der Waals surface area contributed by atoms with Crippen molar-refractivity contribution in [3.63, 3.8) is 0 Å². The minimum absolute atomic E-state index is 0.105. The van der Waals surface area contributed by atoms with Gasteiger partial charge in [-0.25, -0.2) is 19.3 Å². The van der Waals surface area contributed by atoms with Crippen molar-refractivity contribution in [3.05, 3.63) is 76.1 Å². The van der Waals surface area contributed by atoms with Crippen molar-refractivity contribution in [3.8, 4) is 0 Å². The summed E-state index contributed by atoms with van der Waals surface area (Å²) in [4.78, 5) is 27.8. The Kier molecular flexibility index (Phi) is 4.31. The van der Waals surface area contributed by atoms with Gasteiger partial charge in [0.25, 0.3) is 5.56 Å². The fourth-order valence-corrected chi connectivity index (χ4v) is 3.91. The highest BCUT2D eigenvalue weighted by Gasteiger charge is 2.21. The van der Waals surface area contributed by atoms with Crippen molar-refractivity contribution in [2.24, 2.45) is 0 Å². The van der Waals surface area contributed by atoms with Gasteiger partial charge in [-0.3, -0.25) is 9.36 Å². The summed E-state index contributed by atoms with van der Waals surface area (Å²) in [7, 11) is 0. The first-order valence-corrected chi connectivity index (χ1v) is 9.97. The number of hydrogen-bond donors (Lipinski definition) is 0. The van der Waals surface area contributed by atoms with Crippen molar-refractivity contribution in [2.75, 3.05) is 0 Å². The van der Waals surface area contributed by atoms with E-state index in [4.69, 9.17) is 15.0 Å². The Morgan fingerprint density at radius 1 is 0.900 bits per heavy atom. The molecule has 0 N–H and O–H groups in total. The summed E-state index contributed by atoms with van der Waals surface area (Å²) in [5, 5.41) is 0.476. The Labute approximate surface area is 171 Å². The number of fused-ring (bicyclic) bond motifs is 4. The Bertz CT molecular complexity index is 1470. The maximum Gasteiger partial charge on any atom is 0.265 e. The average Bonchev–Trinajstić information content (AvgIpc) is 3.03. The third kappa shape index (κ3) is 2.85. The molecule has 0 saturated heterocycles. The van der Waals surface area contributed by atoms with Crippen LogP contribution in [-0.4, -0.2) is 24.1 Å². The van der Waals surface area contributed by atoms with Gasteiger partial charge in [-0.2, -0.15) is 0 Å². The molecule has 0 atom stereocenters. The summed E-state index contributed by atoms with van der Waals surface area (Å²) in [6, 6.07) is 13.9. The molecule has 0 radical (unpaired) electrons. The van der Waals surface area contributed by atoms with Crippen molar-refractivity contribution < 1.29 is 4.39 Å². The molecular formula is C23H20FN5O. The molecule has 0 spiro atoms. The second-order valence-electron chi connectivity index (χ2n) is 7.41. The molecule has 5 aromatic rings. The second kappa shape index (κ2) is 7.02. The van der Waals surface area contributed by atoms with E-state index in [-0.39, 0.29) is 11.4 Å². The molecule has 6 nitrogen and oxygen atoms in total. The van der Waals surface area contributed by atoms with Crippen LogP contribution in [0.25, 0.3) is 33.2 Å². The number of hydrogen-bond acceptors (Lipinski definition) is 4. The first kappa shape index (κ1) is 18.4. The second-order valence-corrected chi connectivity index (χ2v) is 7.41. The lowest BCUT2D eigenvalue weighted by molar-refractivity contribution is 0.623. The Morgan fingerprint density at radius 3 is 2.30 bits per heavy atom. The molecule has 0 aliphatic heterocycles. The molecule has 0 aliphatic rings. The van der Waals surface area contributed by atoms with Crippen molar-refractivity contribution in [2.45, 2.75) is 33.4 Å².